The van der Waals surface area contributed by atoms with Crippen molar-refractivity contribution in [1.82, 2.24) is 9.03 Å². The number of anilines is 1. The molecule has 0 aromatic heterocycles. The Balaban J connectivity index is 1.84. The van der Waals surface area contributed by atoms with Gasteiger partial charge in [0.15, 0.2) is 0 Å². The molecule has 0 spiro atoms. The highest BCUT2D eigenvalue weighted by atomic mass is 35.5. The molecule has 31 heavy (non-hydrogen) atoms. The zero-order valence-corrected chi connectivity index (χ0v) is 17.4. The number of hydrogen-bond acceptors (Lipinski definition) is 4. The number of benzene rings is 2. The van der Waals surface area contributed by atoms with Crippen molar-refractivity contribution in [2.75, 3.05) is 12.4 Å². The predicted octanol–water partition coefficient (Wildman–Crippen LogP) is 3.60. The number of carbonyl (C=O) groups is 1. The third-order valence-corrected chi connectivity index (χ3v) is 6.44. The fraction of sp³-hybridized carbons (Fsp3) is 0.278. The fourth-order valence-electron chi connectivity index (χ4n) is 3.05. The molecule has 13 heteroatoms. The molecule has 0 unspecified atom stereocenters. The number of nitrogens with one attached hydrogen (secondary N) is 2. The van der Waals surface area contributed by atoms with E-state index in [9.17, 15) is 30.8 Å². The summed E-state index contributed by atoms with van der Waals surface area (Å²) in [4.78, 5) is 12.7. The Bertz CT molecular complexity index is 1100. The molecule has 2 aromatic rings. The van der Waals surface area contributed by atoms with E-state index < -0.39 is 46.1 Å². The third-order valence-electron chi connectivity index (χ3n) is 4.55. The van der Waals surface area contributed by atoms with Crippen LogP contribution in [0, 0.1) is 5.82 Å². The van der Waals surface area contributed by atoms with Gasteiger partial charge in [-0.25, -0.2) is 4.39 Å². The van der Waals surface area contributed by atoms with Crippen LogP contribution in [0.5, 0.6) is 5.75 Å². The van der Waals surface area contributed by atoms with E-state index in [1.54, 1.807) is 0 Å². The zero-order chi connectivity index (χ0) is 23.0. The van der Waals surface area contributed by atoms with Crippen LogP contribution < -0.4 is 14.8 Å². The van der Waals surface area contributed by atoms with Gasteiger partial charge < -0.3 is 10.1 Å². The molecule has 2 atom stereocenters. The second-order valence-electron chi connectivity index (χ2n) is 6.68. The number of halogens is 5. The van der Waals surface area contributed by atoms with Crippen molar-refractivity contribution < 1.29 is 35.5 Å². The summed E-state index contributed by atoms with van der Waals surface area (Å²) in [6.45, 7) is 0. The van der Waals surface area contributed by atoms with Crippen LogP contribution in [0.25, 0.3) is 0 Å². The largest absolute Gasteiger partial charge is 0.573 e. The Morgan fingerprint density at radius 2 is 1.97 bits per heavy atom. The van der Waals surface area contributed by atoms with E-state index in [-0.39, 0.29) is 22.7 Å². The van der Waals surface area contributed by atoms with Crippen molar-refractivity contribution in [3.8, 4) is 5.75 Å². The van der Waals surface area contributed by atoms with Gasteiger partial charge >= 0.3 is 6.36 Å². The number of amides is 1. The Kier molecular flexibility index (Phi) is 6.46. The smallest absolute Gasteiger partial charge is 0.406 e. The average molecular weight is 482 g/mol. The van der Waals surface area contributed by atoms with Crippen molar-refractivity contribution in [1.29, 1.82) is 0 Å². The molecule has 0 aliphatic carbocycles. The summed E-state index contributed by atoms with van der Waals surface area (Å²) in [5.41, 5.74) is 0.332. The minimum absolute atomic E-state index is 0.0913. The molecular weight excluding hydrogens is 466 g/mol. The summed E-state index contributed by atoms with van der Waals surface area (Å²) in [5, 5.41) is 2.23. The van der Waals surface area contributed by atoms with Crippen molar-refractivity contribution in [2.45, 2.75) is 24.9 Å². The number of hydrogen-bond donors (Lipinski definition) is 2. The molecule has 1 amide bonds. The summed E-state index contributed by atoms with van der Waals surface area (Å²) in [6, 6.07) is 6.07. The second kappa shape index (κ2) is 8.61. The maximum absolute atomic E-state index is 13.3. The van der Waals surface area contributed by atoms with E-state index >= 15 is 0 Å². The van der Waals surface area contributed by atoms with E-state index in [4.69, 9.17) is 11.6 Å². The van der Waals surface area contributed by atoms with Gasteiger partial charge in [-0.15, -0.1) is 13.2 Å². The third kappa shape index (κ3) is 5.64. The first-order valence-corrected chi connectivity index (χ1v) is 10.5. The van der Waals surface area contributed by atoms with E-state index in [0.717, 1.165) is 22.5 Å². The molecule has 1 aliphatic heterocycles. The highest BCUT2D eigenvalue weighted by Gasteiger charge is 2.41. The van der Waals surface area contributed by atoms with Gasteiger partial charge in [-0.2, -0.15) is 17.4 Å². The standard InChI is InChI=1S/C18H16ClF4N3O4S/c1-26-16(17(27)24-11-5-6-14(20)13(19)8-11)9-15(25-31(26,28)29)10-3-2-4-12(7-10)30-18(21,22)23/h2-8,15-16,25H,9H2,1H3,(H,24,27)/t15-,16+/m1/s1. The van der Waals surface area contributed by atoms with E-state index in [2.05, 4.69) is 14.8 Å². The minimum atomic E-state index is -4.91. The molecule has 3 rings (SSSR count). The molecule has 1 heterocycles. The highest BCUT2D eigenvalue weighted by molar-refractivity contribution is 7.87. The monoisotopic (exact) mass is 481 g/mol. The number of rotatable bonds is 4. The Hall–Kier alpha value is -2.41. The van der Waals surface area contributed by atoms with E-state index in [1.165, 1.54) is 31.3 Å². The predicted molar refractivity (Wildman–Crippen MR) is 104 cm³/mol. The van der Waals surface area contributed by atoms with Crippen molar-refractivity contribution in [3.05, 3.63) is 58.9 Å². The lowest BCUT2D eigenvalue weighted by Crippen LogP contribution is -2.55. The summed E-state index contributed by atoms with van der Waals surface area (Å²) < 4.78 is 82.8. The number of carbonyl (C=O) groups excluding carboxylic acids is 1. The Morgan fingerprint density at radius 3 is 2.61 bits per heavy atom. The minimum Gasteiger partial charge on any atom is -0.406 e. The van der Waals surface area contributed by atoms with Crippen LogP contribution in [-0.4, -0.2) is 38.1 Å². The first-order chi connectivity index (χ1) is 14.4. The zero-order valence-electron chi connectivity index (χ0n) is 15.8. The van der Waals surface area contributed by atoms with Gasteiger partial charge in [0, 0.05) is 12.7 Å². The lowest BCUT2D eigenvalue weighted by Gasteiger charge is -2.36. The second-order valence-corrected chi connectivity index (χ2v) is 8.85. The summed E-state index contributed by atoms with van der Waals surface area (Å²) in [6.07, 6.45) is -5.00. The molecule has 0 radical (unpaired) electrons. The molecule has 0 bridgehead atoms. The Labute approximate surface area is 180 Å². The van der Waals surface area contributed by atoms with Gasteiger partial charge in [-0.05, 0) is 42.3 Å². The fourth-order valence-corrected chi connectivity index (χ4v) is 4.51. The van der Waals surface area contributed by atoms with Crippen LogP contribution >= 0.6 is 11.6 Å². The maximum Gasteiger partial charge on any atom is 0.573 e. The normalized spacial score (nSPS) is 21.5. The molecule has 1 saturated heterocycles. The van der Waals surface area contributed by atoms with Gasteiger partial charge in [0.25, 0.3) is 10.2 Å². The number of alkyl halides is 3. The van der Waals surface area contributed by atoms with Crippen molar-refractivity contribution >= 4 is 33.4 Å². The molecule has 2 aromatic carbocycles. The van der Waals surface area contributed by atoms with Crippen molar-refractivity contribution in [3.63, 3.8) is 0 Å². The molecule has 1 fully saturated rings. The van der Waals surface area contributed by atoms with Crippen LogP contribution in [0.1, 0.15) is 18.0 Å². The highest BCUT2D eigenvalue weighted by Crippen LogP contribution is 2.32. The number of ether oxygens (including phenoxy) is 1. The van der Waals surface area contributed by atoms with E-state index in [0.29, 0.717) is 0 Å². The van der Waals surface area contributed by atoms with Crippen LogP contribution in [-0.2, 0) is 15.0 Å². The van der Waals surface area contributed by atoms with Crippen LogP contribution in [0.4, 0.5) is 23.2 Å². The SMILES string of the molecule is CN1[C@H](C(=O)Nc2ccc(F)c(Cl)c2)C[C@H](c2cccc(OC(F)(F)F)c2)NS1(=O)=O. The van der Waals surface area contributed by atoms with Gasteiger partial charge in [-0.3, -0.25) is 4.79 Å². The summed E-state index contributed by atoms with van der Waals surface area (Å²) in [7, 11) is -2.95. The number of likely N-dealkylation sites (N-methyl/N-ethyl adjacent to an activating group) is 1. The van der Waals surface area contributed by atoms with Crippen LogP contribution in [0.15, 0.2) is 42.5 Å². The lowest BCUT2D eigenvalue weighted by molar-refractivity contribution is -0.274. The molecular formula is C18H16ClF4N3O4S. The van der Waals surface area contributed by atoms with Gasteiger partial charge in [-0.1, -0.05) is 23.7 Å². The van der Waals surface area contributed by atoms with Crippen LogP contribution in [0.2, 0.25) is 5.02 Å². The molecule has 2 N–H and O–H groups in total. The molecule has 168 valence electrons. The van der Waals surface area contributed by atoms with Crippen molar-refractivity contribution in [2.24, 2.45) is 0 Å². The Morgan fingerprint density at radius 1 is 1.26 bits per heavy atom. The first kappa shape index (κ1) is 23.3. The quantitative estimate of drug-likeness (QED) is 0.653. The molecule has 1 aliphatic rings. The first-order valence-electron chi connectivity index (χ1n) is 8.72. The average Bonchev–Trinajstić information content (AvgIpc) is 2.65. The number of nitrogens with zero attached hydrogens (tertiary/aromatic N) is 1. The van der Waals surface area contributed by atoms with Gasteiger partial charge in [0.2, 0.25) is 5.91 Å². The van der Waals surface area contributed by atoms with Gasteiger partial charge in [0.1, 0.15) is 17.6 Å². The molecule has 0 saturated carbocycles. The topological polar surface area (TPSA) is 87.7 Å². The lowest BCUT2D eigenvalue weighted by atomic mass is 9.99. The summed E-state index contributed by atoms with van der Waals surface area (Å²) >= 11 is 5.69. The molecule has 7 nitrogen and oxygen atoms in total. The maximum atomic E-state index is 13.3. The van der Waals surface area contributed by atoms with E-state index in [1.807, 2.05) is 0 Å². The summed E-state index contributed by atoms with van der Waals surface area (Å²) in [5.74, 6) is -1.93. The van der Waals surface area contributed by atoms with Crippen LogP contribution in [0.3, 0.4) is 0 Å². The van der Waals surface area contributed by atoms with Gasteiger partial charge in [0.05, 0.1) is 11.1 Å².